The highest BCUT2D eigenvalue weighted by Gasteiger charge is 2.00. The molecule has 0 unspecified atom stereocenters. The molecule has 0 amide bonds. The molecule has 1 heterocycles. The van der Waals surface area contributed by atoms with Gasteiger partial charge in [-0.2, -0.15) is 0 Å². The zero-order chi connectivity index (χ0) is 15.2. The third-order valence-electron chi connectivity index (χ3n) is 3.37. The third kappa shape index (κ3) is 5.07. The highest BCUT2D eigenvalue weighted by Crippen LogP contribution is 2.23. The number of pyridine rings is 1. The average molecular weight is 346 g/mol. The summed E-state index contributed by atoms with van der Waals surface area (Å²) in [6, 6.07) is 20.1. The molecule has 0 radical (unpaired) electrons. The lowest BCUT2D eigenvalue weighted by molar-refractivity contribution is 0.107. The molecule has 0 atom stereocenters. The van der Waals surface area contributed by atoms with Crippen LogP contribution in [0.15, 0.2) is 73.1 Å². The van der Waals surface area contributed by atoms with E-state index in [1.54, 1.807) is 6.20 Å². The van der Waals surface area contributed by atoms with Gasteiger partial charge >= 0.3 is 0 Å². The minimum absolute atomic E-state index is 0. The third-order valence-corrected chi connectivity index (χ3v) is 3.61. The van der Waals surface area contributed by atoms with E-state index >= 15 is 0 Å². The second kappa shape index (κ2) is 8.68. The Hall–Kier alpha value is -1.87. The quantitative estimate of drug-likeness (QED) is 0.605. The molecule has 0 N–H and O–H groups in total. The van der Waals surface area contributed by atoms with Crippen molar-refractivity contribution in [3.63, 3.8) is 0 Å². The lowest BCUT2D eigenvalue weighted by Crippen LogP contribution is -1.94. The van der Waals surface area contributed by atoms with Crippen molar-refractivity contribution in [3.05, 3.63) is 89.2 Å². The van der Waals surface area contributed by atoms with Crippen LogP contribution in [0.5, 0.6) is 0 Å². The van der Waals surface area contributed by atoms with Crippen LogP contribution in [-0.4, -0.2) is 4.98 Å². The molecule has 4 heteroatoms. The minimum atomic E-state index is 0. The van der Waals surface area contributed by atoms with Gasteiger partial charge in [0.25, 0.3) is 0 Å². The van der Waals surface area contributed by atoms with Crippen LogP contribution in [0.25, 0.3) is 11.1 Å². The number of rotatable bonds is 5. The normalized spacial score (nSPS) is 10.1. The highest BCUT2D eigenvalue weighted by atomic mass is 35.5. The van der Waals surface area contributed by atoms with Crippen LogP contribution < -0.4 is 0 Å². The Morgan fingerprint density at radius 2 is 1.61 bits per heavy atom. The molecular weight excluding hydrogens is 329 g/mol. The fraction of sp³-hybridized carbons (Fsp3) is 0.105. The van der Waals surface area contributed by atoms with Gasteiger partial charge in [0.2, 0.25) is 0 Å². The number of hydrogen-bond donors (Lipinski definition) is 0. The maximum absolute atomic E-state index is 6.03. The largest absolute Gasteiger partial charge is 0.372 e. The van der Waals surface area contributed by atoms with E-state index in [4.69, 9.17) is 16.3 Å². The van der Waals surface area contributed by atoms with Gasteiger partial charge in [-0.1, -0.05) is 54.1 Å². The number of ether oxygens (including phenoxy) is 1. The molecule has 2 nitrogen and oxygen atoms in total. The summed E-state index contributed by atoms with van der Waals surface area (Å²) in [6.45, 7) is 1.16. The van der Waals surface area contributed by atoms with Crippen molar-refractivity contribution in [2.45, 2.75) is 13.2 Å². The standard InChI is InChI=1S/C19H16ClNO.ClH/c20-19-5-1-4-18(11-19)17-8-6-15(7-9-17)13-22-14-16-3-2-10-21-12-16;/h1-12H,13-14H2;1H. The number of aromatic nitrogens is 1. The molecule has 0 bridgehead atoms. The van der Waals surface area contributed by atoms with E-state index in [2.05, 4.69) is 35.3 Å². The summed E-state index contributed by atoms with van der Waals surface area (Å²) in [7, 11) is 0. The second-order valence-electron chi connectivity index (χ2n) is 5.06. The monoisotopic (exact) mass is 345 g/mol. The summed E-state index contributed by atoms with van der Waals surface area (Å²) in [5, 5.41) is 0.751. The Morgan fingerprint density at radius 3 is 2.30 bits per heavy atom. The van der Waals surface area contributed by atoms with Gasteiger partial charge in [-0.15, -0.1) is 12.4 Å². The number of benzene rings is 2. The predicted octanol–water partition coefficient (Wildman–Crippen LogP) is 5.54. The van der Waals surface area contributed by atoms with E-state index < -0.39 is 0 Å². The Labute approximate surface area is 147 Å². The molecule has 0 saturated carbocycles. The summed E-state index contributed by atoms with van der Waals surface area (Å²) >= 11 is 6.03. The zero-order valence-corrected chi connectivity index (χ0v) is 14.1. The lowest BCUT2D eigenvalue weighted by Gasteiger charge is -2.06. The topological polar surface area (TPSA) is 22.1 Å². The van der Waals surface area contributed by atoms with Crippen molar-refractivity contribution in [2.24, 2.45) is 0 Å². The maximum Gasteiger partial charge on any atom is 0.0736 e. The lowest BCUT2D eigenvalue weighted by atomic mass is 10.0. The van der Waals surface area contributed by atoms with Crippen LogP contribution in [0.2, 0.25) is 5.02 Å². The van der Waals surface area contributed by atoms with Crippen molar-refractivity contribution < 1.29 is 4.74 Å². The predicted molar refractivity (Wildman–Crippen MR) is 96.9 cm³/mol. The zero-order valence-electron chi connectivity index (χ0n) is 12.5. The highest BCUT2D eigenvalue weighted by molar-refractivity contribution is 6.30. The van der Waals surface area contributed by atoms with Crippen LogP contribution in [-0.2, 0) is 18.0 Å². The maximum atomic E-state index is 6.03. The van der Waals surface area contributed by atoms with Crippen molar-refractivity contribution >= 4 is 24.0 Å². The van der Waals surface area contributed by atoms with Crippen LogP contribution in [0.3, 0.4) is 0 Å². The Morgan fingerprint density at radius 1 is 0.826 bits per heavy atom. The van der Waals surface area contributed by atoms with E-state index in [9.17, 15) is 0 Å². The van der Waals surface area contributed by atoms with Gasteiger partial charge < -0.3 is 4.74 Å². The van der Waals surface area contributed by atoms with E-state index in [-0.39, 0.29) is 12.4 Å². The van der Waals surface area contributed by atoms with Gasteiger partial charge in [-0.3, -0.25) is 4.98 Å². The SMILES string of the molecule is Cl.Clc1cccc(-c2ccc(COCc3cccnc3)cc2)c1. The van der Waals surface area contributed by atoms with Crippen molar-refractivity contribution in [1.82, 2.24) is 4.98 Å². The molecule has 23 heavy (non-hydrogen) atoms. The number of nitrogens with zero attached hydrogens (tertiary/aromatic N) is 1. The van der Waals surface area contributed by atoms with Crippen LogP contribution >= 0.6 is 24.0 Å². The van der Waals surface area contributed by atoms with Gasteiger partial charge in [0, 0.05) is 17.4 Å². The first kappa shape index (κ1) is 17.5. The van der Waals surface area contributed by atoms with Crippen LogP contribution in [0.1, 0.15) is 11.1 Å². The molecule has 3 aromatic rings. The average Bonchev–Trinajstić information content (AvgIpc) is 2.56. The van der Waals surface area contributed by atoms with Gasteiger partial charge in [0.15, 0.2) is 0 Å². The fourth-order valence-corrected chi connectivity index (χ4v) is 2.42. The van der Waals surface area contributed by atoms with Crippen molar-refractivity contribution in [1.29, 1.82) is 0 Å². The fourth-order valence-electron chi connectivity index (χ4n) is 2.23. The van der Waals surface area contributed by atoms with Gasteiger partial charge in [-0.05, 0) is 40.5 Å². The summed E-state index contributed by atoms with van der Waals surface area (Å²) in [6.07, 6.45) is 3.58. The molecule has 0 aliphatic rings. The van der Waals surface area contributed by atoms with Crippen molar-refractivity contribution in [2.75, 3.05) is 0 Å². The first-order valence-electron chi connectivity index (χ1n) is 7.13. The van der Waals surface area contributed by atoms with E-state index in [1.165, 1.54) is 0 Å². The Balaban J connectivity index is 0.00000192. The molecule has 0 aliphatic carbocycles. The van der Waals surface area contributed by atoms with E-state index in [0.29, 0.717) is 13.2 Å². The van der Waals surface area contributed by atoms with E-state index in [0.717, 1.165) is 27.3 Å². The molecule has 0 saturated heterocycles. The number of hydrogen-bond acceptors (Lipinski definition) is 2. The molecule has 0 aliphatic heterocycles. The Kier molecular flexibility index (Phi) is 6.60. The first-order chi connectivity index (χ1) is 10.8. The smallest absolute Gasteiger partial charge is 0.0736 e. The summed E-state index contributed by atoms with van der Waals surface area (Å²) in [4.78, 5) is 4.07. The second-order valence-corrected chi connectivity index (χ2v) is 5.50. The number of halogens is 2. The first-order valence-corrected chi connectivity index (χ1v) is 7.50. The van der Waals surface area contributed by atoms with Crippen LogP contribution in [0, 0.1) is 0 Å². The van der Waals surface area contributed by atoms with Gasteiger partial charge in [0.1, 0.15) is 0 Å². The molecule has 0 spiro atoms. The molecular formula is C19H17Cl2NO. The molecule has 3 rings (SSSR count). The molecule has 1 aromatic heterocycles. The van der Waals surface area contributed by atoms with E-state index in [1.807, 2.05) is 36.5 Å². The summed E-state index contributed by atoms with van der Waals surface area (Å²) in [5.74, 6) is 0. The van der Waals surface area contributed by atoms with Gasteiger partial charge in [0.05, 0.1) is 13.2 Å². The minimum Gasteiger partial charge on any atom is -0.372 e. The summed E-state index contributed by atoms with van der Waals surface area (Å²) in [5.41, 5.74) is 4.50. The summed E-state index contributed by atoms with van der Waals surface area (Å²) < 4.78 is 5.71. The van der Waals surface area contributed by atoms with Crippen molar-refractivity contribution in [3.8, 4) is 11.1 Å². The van der Waals surface area contributed by atoms with Gasteiger partial charge in [-0.25, -0.2) is 0 Å². The molecule has 118 valence electrons. The molecule has 2 aromatic carbocycles. The molecule has 0 fully saturated rings. The Bertz CT molecular complexity index is 730. The van der Waals surface area contributed by atoms with Crippen LogP contribution in [0.4, 0.5) is 0 Å².